The van der Waals surface area contributed by atoms with Gasteiger partial charge in [-0.15, -0.1) is 0 Å². The smallest absolute Gasteiger partial charge is 0.231 e. The molecule has 4 rings (SSSR count). The molecule has 1 N–H and O–H groups in total. The molecule has 3 aromatic rings. The maximum Gasteiger partial charge on any atom is 0.231 e. The molecule has 184 valence electrons. The van der Waals surface area contributed by atoms with E-state index >= 15 is 0 Å². The van der Waals surface area contributed by atoms with Gasteiger partial charge in [0.2, 0.25) is 6.79 Å². The van der Waals surface area contributed by atoms with Gasteiger partial charge in [-0.1, -0.05) is 42.5 Å². The summed E-state index contributed by atoms with van der Waals surface area (Å²) >= 11 is 5.83. The summed E-state index contributed by atoms with van der Waals surface area (Å²) in [5.41, 5.74) is 3.48. The molecule has 0 fully saturated rings. The number of thiocarbonyl (C=S) groups is 1. The third-order valence-electron chi connectivity index (χ3n) is 5.61. The van der Waals surface area contributed by atoms with Crippen molar-refractivity contribution in [3.63, 3.8) is 0 Å². The minimum Gasteiger partial charge on any atom is -0.490 e. The van der Waals surface area contributed by atoms with Crippen LogP contribution < -0.4 is 24.3 Å². The molecule has 0 atom stereocenters. The van der Waals surface area contributed by atoms with Crippen LogP contribution in [0.1, 0.15) is 30.5 Å². The predicted octanol–water partition coefficient (Wildman–Crippen LogP) is 5.33. The number of fused-ring (bicyclic) bond motifs is 1. The van der Waals surface area contributed by atoms with Gasteiger partial charge in [0, 0.05) is 19.6 Å². The first kappa shape index (κ1) is 24.7. The molecular weight excluding hydrogens is 460 g/mol. The zero-order chi connectivity index (χ0) is 24.5. The number of benzene rings is 3. The summed E-state index contributed by atoms with van der Waals surface area (Å²) in [5.74, 6) is 3.12. The van der Waals surface area contributed by atoms with Gasteiger partial charge in [-0.3, -0.25) is 0 Å². The summed E-state index contributed by atoms with van der Waals surface area (Å²) < 4.78 is 22.4. The van der Waals surface area contributed by atoms with E-state index in [1.807, 2.05) is 56.3 Å². The van der Waals surface area contributed by atoms with E-state index in [4.69, 9.17) is 31.2 Å². The van der Waals surface area contributed by atoms with Crippen molar-refractivity contribution in [1.82, 2.24) is 10.2 Å². The minimum absolute atomic E-state index is 0.267. The summed E-state index contributed by atoms with van der Waals surface area (Å²) in [6.45, 7) is 7.50. The van der Waals surface area contributed by atoms with Crippen molar-refractivity contribution in [2.45, 2.75) is 33.4 Å². The van der Waals surface area contributed by atoms with Gasteiger partial charge in [-0.2, -0.15) is 0 Å². The lowest BCUT2D eigenvalue weighted by molar-refractivity contribution is 0.174. The number of nitrogens with one attached hydrogen (secondary N) is 1. The number of hydrogen-bond donors (Lipinski definition) is 1. The molecule has 35 heavy (non-hydrogen) atoms. The lowest BCUT2D eigenvalue weighted by Gasteiger charge is -2.26. The summed E-state index contributed by atoms with van der Waals surface area (Å²) in [5, 5.41) is 4.16. The van der Waals surface area contributed by atoms with Crippen LogP contribution in [0.2, 0.25) is 0 Å². The van der Waals surface area contributed by atoms with Crippen molar-refractivity contribution in [2.24, 2.45) is 0 Å². The second kappa shape index (κ2) is 12.3. The van der Waals surface area contributed by atoms with E-state index in [2.05, 4.69) is 34.5 Å². The van der Waals surface area contributed by atoms with Gasteiger partial charge >= 0.3 is 0 Å². The topological polar surface area (TPSA) is 52.2 Å². The van der Waals surface area contributed by atoms with Crippen LogP contribution in [0.25, 0.3) is 0 Å². The molecule has 6 nitrogen and oxygen atoms in total. The van der Waals surface area contributed by atoms with Crippen LogP contribution in [0.3, 0.4) is 0 Å². The fraction of sp³-hybridized carbons (Fsp3) is 0.321. The molecule has 0 aromatic heterocycles. The molecule has 0 saturated heterocycles. The van der Waals surface area contributed by atoms with E-state index < -0.39 is 0 Å². The van der Waals surface area contributed by atoms with E-state index in [9.17, 15) is 0 Å². The van der Waals surface area contributed by atoms with Crippen molar-refractivity contribution in [2.75, 3.05) is 26.6 Å². The van der Waals surface area contributed by atoms with Crippen molar-refractivity contribution in [3.8, 4) is 23.0 Å². The van der Waals surface area contributed by atoms with Crippen LogP contribution in [-0.2, 0) is 19.5 Å². The van der Waals surface area contributed by atoms with Gasteiger partial charge in [-0.25, -0.2) is 0 Å². The first-order chi connectivity index (χ1) is 17.2. The molecule has 0 unspecified atom stereocenters. The highest BCUT2D eigenvalue weighted by Crippen LogP contribution is 2.33. The highest BCUT2D eigenvalue weighted by atomic mass is 32.1. The first-order valence-electron chi connectivity index (χ1n) is 12.0. The summed E-state index contributed by atoms with van der Waals surface area (Å²) in [6, 6.07) is 22.5. The molecule has 0 amide bonds. The zero-order valence-electron chi connectivity index (χ0n) is 20.3. The second-order valence-corrected chi connectivity index (χ2v) is 8.55. The van der Waals surface area contributed by atoms with Gasteiger partial charge in [0.25, 0.3) is 0 Å². The molecule has 0 saturated carbocycles. The molecule has 1 aliphatic rings. The SMILES string of the molecule is CCOc1ccc(CCNC(=S)N(Cc2ccccc2)Cc2ccc3c(c2)OCO3)cc1OCC. The number of rotatable bonds is 11. The molecule has 1 aliphatic heterocycles. The molecule has 0 bridgehead atoms. The van der Waals surface area contributed by atoms with Crippen molar-refractivity contribution in [1.29, 1.82) is 0 Å². The van der Waals surface area contributed by atoms with Crippen LogP contribution in [0, 0.1) is 0 Å². The zero-order valence-corrected chi connectivity index (χ0v) is 21.1. The van der Waals surface area contributed by atoms with E-state index in [1.165, 1.54) is 5.56 Å². The van der Waals surface area contributed by atoms with Crippen molar-refractivity contribution >= 4 is 17.3 Å². The lowest BCUT2D eigenvalue weighted by Crippen LogP contribution is -2.39. The Morgan fingerprint density at radius 2 is 1.54 bits per heavy atom. The Labute approximate surface area is 212 Å². The maximum absolute atomic E-state index is 5.83. The molecule has 1 heterocycles. The number of nitrogens with zero attached hydrogens (tertiary/aromatic N) is 1. The number of ether oxygens (including phenoxy) is 4. The average Bonchev–Trinajstić information content (AvgIpc) is 3.34. The first-order valence-corrected chi connectivity index (χ1v) is 12.4. The quantitative estimate of drug-likeness (QED) is 0.363. The standard InChI is InChI=1S/C28H32N2O4S/c1-3-31-24-12-10-21(16-26(24)32-4-2)14-15-29-28(35)30(18-22-8-6-5-7-9-22)19-23-11-13-25-27(17-23)34-20-33-25/h5-13,16-17H,3-4,14-15,18-20H2,1-2H3,(H,29,35). The molecule has 7 heteroatoms. The summed E-state index contributed by atoms with van der Waals surface area (Å²) in [7, 11) is 0. The highest BCUT2D eigenvalue weighted by molar-refractivity contribution is 7.80. The maximum atomic E-state index is 5.83. The average molecular weight is 493 g/mol. The Balaban J connectivity index is 1.41. The van der Waals surface area contributed by atoms with E-state index in [-0.39, 0.29) is 6.79 Å². The highest BCUT2D eigenvalue weighted by Gasteiger charge is 2.16. The normalized spacial score (nSPS) is 11.7. The Hall–Kier alpha value is -3.45. The van der Waals surface area contributed by atoms with Crippen LogP contribution in [-0.4, -0.2) is 36.6 Å². The molecule has 3 aromatic carbocycles. The Kier molecular flexibility index (Phi) is 8.68. The van der Waals surface area contributed by atoms with Crippen LogP contribution >= 0.6 is 12.2 Å². The minimum atomic E-state index is 0.267. The van der Waals surface area contributed by atoms with E-state index in [1.54, 1.807) is 0 Å². The van der Waals surface area contributed by atoms with Crippen LogP contribution in [0.15, 0.2) is 66.7 Å². The predicted molar refractivity (Wildman–Crippen MR) is 141 cm³/mol. The molecular formula is C28H32N2O4S. The van der Waals surface area contributed by atoms with E-state index in [0.717, 1.165) is 40.5 Å². The largest absolute Gasteiger partial charge is 0.490 e. The van der Waals surface area contributed by atoms with Crippen LogP contribution in [0.5, 0.6) is 23.0 Å². The van der Waals surface area contributed by atoms with Gasteiger partial charge in [0.1, 0.15) is 0 Å². The van der Waals surface area contributed by atoms with Gasteiger partial charge in [0.05, 0.1) is 13.2 Å². The second-order valence-electron chi connectivity index (χ2n) is 8.16. The molecule has 0 aliphatic carbocycles. The third-order valence-corrected chi connectivity index (χ3v) is 6.01. The van der Waals surface area contributed by atoms with Crippen molar-refractivity contribution in [3.05, 3.63) is 83.4 Å². The summed E-state index contributed by atoms with van der Waals surface area (Å²) in [4.78, 5) is 2.17. The van der Waals surface area contributed by atoms with E-state index in [0.29, 0.717) is 38.0 Å². The third kappa shape index (κ3) is 6.79. The van der Waals surface area contributed by atoms with Gasteiger partial charge in [0.15, 0.2) is 28.1 Å². The van der Waals surface area contributed by atoms with Gasteiger partial charge in [-0.05, 0) is 73.4 Å². The number of hydrogen-bond acceptors (Lipinski definition) is 5. The Morgan fingerprint density at radius 1 is 0.829 bits per heavy atom. The Morgan fingerprint density at radius 3 is 2.34 bits per heavy atom. The molecule has 0 spiro atoms. The molecule has 0 radical (unpaired) electrons. The fourth-order valence-electron chi connectivity index (χ4n) is 3.94. The van der Waals surface area contributed by atoms with Gasteiger partial charge < -0.3 is 29.2 Å². The van der Waals surface area contributed by atoms with Crippen molar-refractivity contribution < 1.29 is 18.9 Å². The summed E-state index contributed by atoms with van der Waals surface area (Å²) in [6.07, 6.45) is 0.815. The monoisotopic (exact) mass is 492 g/mol. The lowest BCUT2D eigenvalue weighted by atomic mass is 10.1. The fourth-order valence-corrected chi connectivity index (χ4v) is 4.17. The Bertz CT molecular complexity index is 1120. The van der Waals surface area contributed by atoms with Crippen LogP contribution in [0.4, 0.5) is 0 Å².